The van der Waals surface area contributed by atoms with Crippen molar-refractivity contribution >= 4 is 0 Å². The fourth-order valence-corrected chi connectivity index (χ4v) is 2.02. The van der Waals surface area contributed by atoms with Gasteiger partial charge in [-0.15, -0.1) is 0 Å². The molecule has 1 radical (unpaired) electrons. The van der Waals surface area contributed by atoms with Crippen molar-refractivity contribution in [3.63, 3.8) is 0 Å². The maximum atomic E-state index is 4.09. The first-order valence-corrected chi connectivity index (χ1v) is 5.68. The van der Waals surface area contributed by atoms with Gasteiger partial charge in [0.25, 0.3) is 0 Å². The Kier molecular flexibility index (Phi) is 2.62. The van der Waals surface area contributed by atoms with Gasteiger partial charge in [0.05, 0.1) is 0 Å². The minimum atomic E-state index is 0.415. The molecule has 0 nitrogen and oxygen atoms in total. The van der Waals surface area contributed by atoms with Gasteiger partial charge in [0, 0.05) is 0 Å². The predicted molar refractivity (Wildman–Crippen MR) is 61.6 cm³/mol. The summed E-state index contributed by atoms with van der Waals surface area (Å²) in [5, 5.41) is 0. The first-order valence-electron chi connectivity index (χ1n) is 5.68. The quantitative estimate of drug-likeness (QED) is 0.669. The van der Waals surface area contributed by atoms with Gasteiger partial charge >= 0.3 is 0 Å². The topological polar surface area (TPSA) is 0 Å². The highest BCUT2D eigenvalue weighted by Gasteiger charge is 2.25. The molecule has 1 aromatic rings. The fourth-order valence-electron chi connectivity index (χ4n) is 2.02. The molecule has 0 heteroatoms. The zero-order chi connectivity index (χ0) is 10.1. The summed E-state index contributed by atoms with van der Waals surface area (Å²) in [6, 6.07) is 6.92. The van der Waals surface area contributed by atoms with Crippen LogP contribution in [0, 0.1) is 6.92 Å². The Labute approximate surface area is 87.3 Å². The molecular weight excluding hydrogens is 168 g/mol. The van der Waals surface area contributed by atoms with Crippen LogP contribution in [0.2, 0.25) is 0 Å². The van der Waals surface area contributed by atoms with Crippen LogP contribution in [-0.2, 0) is 6.42 Å². The normalized spacial score (nSPS) is 16.3. The Morgan fingerprint density at radius 3 is 2.64 bits per heavy atom. The Morgan fingerprint density at radius 2 is 2.14 bits per heavy atom. The summed E-state index contributed by atoms with van der Waals surface area (Å²) in [6.07, 6.45) is 3.95. The second-order valence-electron chi connectivity index (χ2n) is 4.49. The van der Waals surface area contributed by atoms with Gasteiger partial charge in [0.1, 0.15) is 0 Å². The molecule has 14 heavy (non-hydrogen) atoms. The van der Waals surface area contributed by atoms with Crippen LogP contribution >= 0.6 is 0 Å². The number of hydrogen-bond donors (Lipinski definition) is 0. The molecule has 1 aromatic carbocycles. The Morgan fingerprint density at radius 1 is 1.43 bits per heavy atom. The Bertz CT molecular complexity index is 319. The van der Waals surface area contributed by atoms with Crippen molar-refractivity contribution in [3.8, 4) is 0 Å². The second kappa shape index (κ2) is 3.76. The van der Waals surface area contributed by atoms with Crippen molar-refractivity contribution in [1.29, 1.82) is 0 Å². The van der Waals surface area contributed by atoms with Crippen molar-refractivity contribution < 1.29 is 0 Å². The van der Waals surface area contributed by atoms with E-state index in [1.54, 1.807) is 5.56 Å². The molecule has 0 saturated heterocycles. The van der Waals surface area contributed by atoms with Crippen LogP contribution < -0.4 is 0 Å². The van der Waals surface area contributed by atoms with E-state index in [0.29, 0.717) is 5.92 Å². The van der Waals surface area contributed by atoms with Crippen molar-refractivity contribution in [1.82, 2.24) is 0 Å². The lowest BCUT2D eigenvalue weighted by Crippen LogP contribution is -1.95. The molecule has 0 aromatic heterocycles. The van der Waals surface area contributed by atoms with E-state index in [1.807, 2.05) is 0 Å². The molecule has 2 rings (SSSR count). The summed E-state index contributed by atoms with van der Waals surface area (Å²) in [6.45, 7) is 8.49. The first kappa shape index (κ1) is 9.76. The molecule has 0 bridgehead atoms. The van der Waals surface area contributed by atoms with Crippen LogP contribution in [-0.4, -0.2) is 0 Å². The molecule has 1 saturated carbocycles. The first-order chi connectivity index (χ1) is 6.72. The average Bonchev–Trinajstić information content (AvgIpc) is 3.00. The zero-order valence-electron chi connectivity index (χ0n) is 9.22. The van der Waals surface area contributed by atoms with Crippen LogP contribution in [0.25, 0.3) is 0 Å². The van der Waals surface area contributed by atoms with Crippen molar-refractivity contribution in [2.45, 2.75) is 44.9 Å². The molecule has 1 fully saturated rings. The molecule has 0 N–H and O–H groups in total. The van der Waals surface area contributed by atoms with E-state index in [9.17, 15) is 0 Å². The van der Waals surface area contributed by atoms with E-state index in [-0.39, 0.29) is 0 Å². The minimum absolute atomic E-state index is 0.415. The van der Waals surface area contributed by atoms with Gasteiger partial charge < -0.3 is 0 Å². The van der Waals surface area contributed by atoms with Gasteiger partial charge in [-0.25, -0.2) is 0 Å². The largest absolute Gasteiger partial charge is 0.0613 e. The zero-order valence-corrected chi connectivity index (χ0v) is 9.22. The smallest absolute Gasteiger partial charge is 0.0159 e. The molecule has 0 aliphatic heterocycles. The van der Waals surface area contributed by atoms with E-state index in [1.165, 1.54) is 24.0 Å². The summed E-state index contributed by atoms with van der Waals surface area (Å²) in [5.41, 5.74) is 4.53. The lowest BCUT2D eigenvalue weighted by atomic mass is 9.94. The van der Waals surface area contributed by atoms with Gasteiger partial charge in [0.2, 0.25) is 0 Å². The van der Waals surface area contributed by atoms with Gasteiger partial charge in [-0.05, 0) is 54.7 Å². The molecule has 1 atom stereocenters. The summed E-state index contributed by atoms with van der Waals surface area (Å²) in [5.74, 6) is 1.28. The van der Waals surface area contributed by atoms with E-state index in [0.717, 1.165) is 12.3 Å². The van der Waals surface area contributed by atoms with Crippen LogP contribution in [0.5, 0.6) is 0 Å². The van der Waals surface area contributed by atoms with Gasteiger partial charge in [0.15, 0.2) is 0 Å². The van der Waals surface area contributed by atoms with Gasteiger partial charge in [-0.1, -0.05) is 32.0 Å². The molecule has 75 valence electrons. The van der Waals surface area contributed by atoms with Crippen molar-refractivity contribution in [2.24, 2.45) is 0 Å². The van der Waals surface area contributed by atoms with Crippen LogP contribution in [0.3, 0.4) is 0 Å². The molecule has 1 aliphatic carbocycles. The predicted octanol–water partition coefficient (Wildman–Crippen LogP) is 4.06. The van der Waals surface area contributed by atoms with Gasteiger partial charge in [-0.2, -0.15) is 0 Å². The fraction of sp³-hybridized carbons (Fsp3) is 0.500. The second-order valence-corrected chi connectivity index (χ2v) is 4.49. The number of rotatable bonds is 3. The summed E-state index contributed by atoms with van der Waals surface area (Å²) in [4.78, 5) is 0. The minimum Gasteiger partial charge on any atom is -0.0613 e. The van der Waals surface area contributed by atoms with Crippen LogP contribution in [0.15, 0.2) is 18.2 Å². The SMILES string of the molecule is [CH2]C(C)c1ccc(CC)c(C2CC2)c1. The molecule has 1 unspecified atom stereocenters. The molecule has 0 spiro atoms. The monoisotopic (exact) mass is 187 g/mol. The Hall–Kier alpha value is -0.780. The lowest BCUT2D eigenvalue weighted by molar-refractivity contribution is 0.939. The van der Waals surface area contributed by atoms with Crippen molar-refractivity contribution in [3.05, 3.63) is 41.8 Å². The Balaban J connectivity index is 2.36. The van der Waals surface area contributed by atoms with Crippen LogP contribution in [0.1, 0.15) is 55.2 Å². The standard InChI is InChI=1S/C14H19/c1-4-11-5-8-13(10(2)3)9-14(11)12-6-7-12/h5,8-10,12H,2,4,6-7H2,1,3H3. The summed E-state index contributed by atoms with van der Waals surface area (Å²) >= 11 is 0. The average molecular weight is 187 g/mol. The van der Waals surface area contributed by atoms with Gasteiger partial charge in [-0.3, -0.25) is 0 Å². The van der Waals surface area contributed by atoms with E-state index >= 15 is 0 Å². The molecule has 0 amide bonds. The van der Waals surface area contributed by atoms with Crippen molar-refractivity contribution in [2.75, 3.05) is 0 Å². The maximum Gasteiger partial charge on any atom is -0.0159 e. The molecule has 1 aliphatic rings. The van der Waals surface area contributed by atoms with E-state index < -0.39 is 0 Å². The third kappa shape index (κ3) is 1.84. The van der Waals surface area contributed by atoms with Crippen LogP contribution in [0.4, 0.5) is 0 Å². The number of hydrogen-bond acceptors (Lipinski definition) is 0. The summed E-state index contributed by atoms with van der Waals surface area (Å²) < 4.78 is 0. The number of aryl methyl sites for hydroxylation is 1. The number of benzene rings is 1. The molecule has 0 heterocycles. The third-order valence-corrected chi connectivity index (χ3v) is 3.14. The molecular formula is C14H19. The lowest BCUT2D eigenvalue weighted by Gasteiger charge is -2.11. The highest BCUT2D eigenvalue weighted by atomic mass is 14.3. The third-order valence-electron chi connectivity index (χ3n) is 3.14. The highest BCUT2D eigenvalue weighted by Crippen LogP contribution is 2.42. The van der Waals surface area contributed by atoms with E-state index in [2.05, 4.69) is 39.0 Å². The highest BCUT2D eigenvalue weighted by molar-refractivity contribution is 5.38. The van der Waals surface area contributed by atoms with E-state index in [4.69, 9.17) is 0 Å². The summed E-state index contributed by atoms with van der Waals surface area (Å²) in [7, 11) is 0. The maximum absolute atomic E-state index is 4.09.